The lowest BCUT2D eigenvalue weighted by Crippen LogP contribution is -2.23. The van der Waals surface area contributed by atoms with E-state index in [1.807, 2.05) is 24.4 Å². The van der Waals surface area contributed by atoms with E-state index in [2.05, 4.69) is 22.2 Å². The van der Waals surface area contributed by atoms with Crippen molar-refractivity contribution < 1.29 is 9.47 Å². The van der Waals surface area contributed by atoms with E-state index in [1.54, 1.807) is 20.4 Å². The third-order valence-electron chi connectivity index (χ3n) is 2.91. The Balaban J connectivity index is 2.41. The first-order valence-corrected chi connectivity index (χ1v) is 6.24. The number of H-pyrrole nitrogens is 1. The Kier molecular flexibility index (Phi) is 4.41. The van der Waals surface area contributed by atoms with Crippen molar-refractivity contribution in [3.05, 3.63) is 42.0 Å². The van der Waals surface area contributed by atoms with Crippen molar-refractivity contribution >= 4 is 0 Å². The first-order chi connectivity index (χ1) is 9.28. The summed E-state index contributed by atoms with van der Waals surface area (Å²) in [5.74, 6) is 2.41. The van der Waals surface area contributed by atoms with Gasteiger partial charge in [0.2, 0.25) is 0 Å². The highest BCUT2D eigenvalue weighted by atomic mass is 16.5. The Morgan fingerprint density at radius 2 is 1.89 bits per heavy atom. The van der Waals surface area contributed by atoms with Gasteiger partial charge in [-0.25, -0.2) is 4.98 Å². The molecule has 5 nitrogen and oxygen atoms in total. The summed E-state index contributed by atoms with van der Waals surface area (Å²) in [6, 6.07) is 5.81. The van der Waals surface area contributed by atoms with Crippen molar-refractivity contribution in [2.24, 2.45) is 0 Å². The van der Waals surface area contributed by atoms with Crippen LogP contribution in [-0.4, -0.2) is 30.7 Å². The molecule has 2 rings (SSSR count). The molecule has 0 aliphatic heterocycles. The maximum atomic E-state index is 5.30. The molecular formula is C14H19N3O2. The van der Waals surface area contributed by atoms with Crippen LogP contribution in [-0.2, 0) is 0 Å². The van der Waals surface area contributed by atoms with Gasteiger partial charge >= 0.3 is 0 Å². The third kappa shape index (κ3) is 3.06. The Morgan fingerprint density at radius 3 is 2.37 bits per heavy atom. The molecule has 0 fully saturated rings. The second-order valence-electron chi connectivity index (χ2n) is 4.11. The molecule has 2 N–H and O–H groups in total. The summed E-state index contributed by atoms with van der Waals surface area (Å²) < 4.78 is 10.6. The molecule has 1 aromatic heterocycles. The molecule has 0 radical (unpaired) electrons. The van der Waals surface area contributed by atoms with Crippen LogP contribution in [0.2, 0.25) is 0 Å². The van der Waals surface area contributed by atoms with Crippen LogP contribution in [0.15, 0.2) is 30.6 Å². The fourth-order valence-electron chi connectivity index (χ4n) is 2.01. The molecule has 2 aromatic rings. The minimum absolute atomic E-state index is 0.0102. The Morgan fingerprint density at radius 1 is 1.21 bits per heavy atom. The lowest BCUT2D eigenvalue weighted by molar-refractivity contribution is 0.392. The SMILES string of the molecule is CCNC(c1cc(OC)cc(OC)c1)c1ncc[nH]1. The van der Waals surface area contributed by atoms with Crippen molar-refractivity contribution in [2.45, 2.75) is 13.0 Å². The quantitative estimate of drug-likeness (QED) is 0.836. The van der Waals surface area contributed by atoms with Gasteiger partial charge in [0.15, 0.2) is 0 Å². The predicted octanol–water partition coefficient (Wildman–Crippen LogP) is 2.13. The lowest BCUT2D eigenvalue weighted by atomic mass is 10.1. The number of imidazole rings is 1. The van der Waals surface area contributed by atoms with Crippen molar-refractivity contribution in [3.8, 4) is 11.5 Å². The van der Waals surface area contributed by atoms with E-state index in [0.717, 1.165) is 29.4 Å². The molecule has 5 heteroatoms. The van der Waals surface area contributed by atoms with Gasteiger partial charge in [-0.2, -0.15) is 0 Å². The van der Waals surface area contributed by atoms with Gasteiger partial charge in [0.1, 0.15) is 17.3 Å². The lowest BCUT2D eigenvalue weighted by Gasteiger charge is -2.18. The van der Waals surface area contributed by atoms with E-state index in [-0.39, 0.29) is 6.04 Å². The minimum atomic E-state index is -0.0102. The molecule has 1 aromatic carbocycles. The molecule has 102 valence electrons. The van der Waals surface area contributed by atoms with Gasteiger partial charge in [-0.05, 0) is 24.2 Å². The van der Waals surface area contributed by atoms with E-state index >= 15 is 0 Å². The molecule has 0 spiro atoms. The summed E-state index contributed by atoms with van der Waals surface area (Å²) in [6.07, 6.45) is 3.56. The van der Waals surface area contributed by atoms with Gasteiger partial charge < -0.3 is 19.8 Å². The Labute approximate surface area is 113 Å². The summed E-state index contributed by atoms with van der Waals surface area (Å²) in [4.78, 5) is 7.46. The highest BCUT2D eigenvalue weighted by Crippen LogP contribution is 2.28. The zero-order valence-corrected chi connectivity index (χ0v) is 11.4. The van der Waals surface area contributed by atoms with Crippen LogP contribution in [0.3, 0.4) is 0 Å². The fraction of sp³-hybridized carbons (Fsp3) is 0.357. The Hall–Kier alpha value is -2.01. The van der Waals surface area contributed by atoms with Crippen LogP contribution in [0.25, 0.3) is 0 Å². The van der Waals surface area contributed by atoms with Crippen molar-refractivity contribution in [1.29, 1.82) is 0 Å². The van der Waals surface area contributed by atoms with Gasteiger partial charge in [-0.1, -0.05) is 6.92 Å². The molecule has 0 aliphatic carbocycles. The smallest absolute Gasteiger partial charge is 0.127 e. The number of hydrogen-bond acceptors (Lipinski definition) is 4. The minimum Gasteiger partial charge on any atom is -0.497 e. The van der Waals surface area contributed by atoms with Gasteiger partial charge in [-0.3, -0.25) is 0 Å². The Bertz CT molecular complexity index is 489. The van der Waals surface area contributed by atoms with E-state index in [9.17, 15) is 0 Å². The van der Waals surface area contributed by atoms with E-state index in [0.29, 0.717) is 0 Å². The average molecular weight is 261 g/mol. The van der Waals surface area contributed by atoms with Crippen LogP contribution in [0.4, 0.5) is 0 Å². The van der Waals surface area contributed by atoms with Gasteiger partial charge in [-0.15, -0.1) is 0 Å². The van der Waals surface area contributed by atoms with Crippen LogP contribution in [0.1, 0.15) is 24.4 Å². The fourth-order valence-corrected chi connectivity index (χ4v) is 2.01. The number of ether oxygens (including phenoxy) is 2. The number of benzene rings is 1. The van der Waals surface area contributed by atoms with Gasteiger partial charge in [0.25, 0.3) is 0 Å². The molecule has 1 unspecified atom stereocenters. The first kappa shape index (κ1) is 13.4. The summed E-state index contributed by atoms with van der Waals surface area (Å²) in [5.41, 5.74) is 1.05. The molecule has 1 atom stereocenters. The van der Waals surface area contributed by atoms with Crippen LogP contribution < -0.4 is 14.8 Å². The first-order valence-electron chi connectivity index (χ1n) is 6.24. The second kappa shape index (κ2) is 6.24. The van der Waals surface area contributed by atoms with Crippen molar-refractivity contribution in [2.75, 3.05) is 20.8 Å². The highest BCUT2D eigenvalue weighted by Gasteiger charge is 2.17. The van der Waals surface area contributed by atoms with Crippen LogP contribution in [0.5, 0.6) is 11.5 Å². The van der Waals surface area contributed by atoms with E-state index in [4.69, 9.17) is 9.47 Å². The monoisotopic (exact) mass is 261 g/mol. The second-order valence-corrected chi connectivity index (χ2v) is 4.11. The highest BCUT2D eigenvalue weighted by molar-refractivity contribution is 5.41. The van der Waals surface area contributed by atoms with Crippen LogP contribution in [0, 0.1) is 0 Å². The zero-order valence-electron chi connectivity index (χ0n) is 11.4. The molecule has 0 amide bonds. The maximum Gasteiger partial charge on any atom is 0.127 e. The number of nitrogens with one attached hydrogen (secondary N) is 2. The zero-order chi connectivity index (χ0) is 13.7. The molecule has 0 bridgehead atoms. The average Bonchev–Trinajstić information content (AvgIpc) is 2.97. The largest absolute Gasteiger partial charge is 0.497 e. The molecule has 19 heavy (non-hydrogen) atoms. The number of methoxy groups -OCH3 is 2. The van der Waals surface area contributed by atoms with Crippen LogP contribution >= 0.6 is 0 Å². The predicted molar refractivity (Wildman–Crippen MR) is 73.7 cm³/mol. The normalized spacial score (nSPS) is 12.2. The standard InChI is InChI=1S/C14H19N3O2/c1-4-15-13(14-16-5-6-17-14)10-7-11(18-2)9-12(8-10)19-3/h5-9,13,15H,4H2,1-3H3,(H,16,17). The van der Waals surface area contributed by atoms with E-state index in [1.165, 1.54) is 0 Å². The van der Waals surface area contributed by atoms with Gasteiger partial charge in [0.05, 0.1) is 20.3 Å². The molecular weight excluding hydrogens is 242 g/mol. The molecule has 0 aliphatic rings. The number of hydrogen-bond donors (Lipinski definition) is 2. The summed E-state index contributed by atoms with van der Waals surface area (Å²) in [6.45, 7) is 2.90. The van der Waals surface area contributed by atoms with Crippen molar-refractivity contribution in [3.63, 3.8) is 0 Å². The molecule has 0 saturated carbocycles. The van der Waals surface area contributed by atoms with E-state index < -0.39 is 0 Å². The summed E-state index contributed by atoms with van der Waals surface area (Å²) >= 11 is 0. The van der Waals surface area contributed by atoms with Gasteiger partial charge in [0, 0.05) is 18.5 Å². The summed E-state index contributed by atoms with van der Waals surface area (Å²) in [7, 11) is 3.29. The van der Waals surface area contributed by atoms with Crippen molar-refractivity contribution in [1.82, 2.24) is 15.3 Å². The molecule has 0 saturated heterocycles. The number of nitrogens with zero attached hydrogens (tertiary/aromatic N) is 1. The number of aromatic amines is 1. The topological polar surface area (TPSA) is 59.2 Å². The molecule has 1 heterocycles. The summed E-state index contributed by atoms with van der Waals surface area (Å²) in [5, 5.41) is 3.40. The number of rotatable bonds is 6. The maximum absolute atomic E-state index is 5.30. The third-order valence-corrected chi connectivity index (χ3v) is 2.91. The number of aromatic nitrogens is 2.